The molecule has 1 saturated carbocycles. The van der Waals surface area contributed by atoms with Gasteiger partial charge >= 0.3 is 0 Å². The molecule has 2 saturated heterocycles. The van der Waals surface area contributed by atoms with E-state index in [0.717, 1.165) is 18.9 Å². The van der Waals surface area contributed by atoms with Gasteiger partial charge in [0.1, 0.15) is 0 Å². The Labute approximate surface area is 126 Å². The number of ether oxygens (including phenoxy) is 1. The monoisotopic (exact) mass is 365 g/mol. The summed E-state index contributed by atoms with van der Waals surface area (Å²) in [4.78, 5) is 4.53. The van der Waals surface area contributed by atoms with Crippen molar-refractivity contribution in [2.24, 2.45) is 4.99 Å². The molecular formula is C13H24IN3O. The number of nitrogens with one attached hydrogen (secondary N) is 2. The summed E-state index contributed by atoms with van der Waals surface area (Å²) in [5, 5.41) is 7.09. The average Bonchev–Trinajstić information content (AvgIpc) is 2.85. The molecule has 104 valence electrons. The fourth-order valence-electron chi connectivity index (χ4n) is 3.00. The molecule has 2 N–H and O–H groups in total. The zero-order valence-corrected chi connectivity index (χ0v) is 13.4. The second-order valence-electron chi connectivity index (χ2n) is 5.46. The van der Waals surface area contributed by atoms with Gasteiger partial charge in [0, 0.05) is 12.6 Å². The van der Waals surface area contributed by atoms with Crippen molar-refractivity contribution in [2.75, 3.05) is 6.54 Å². The van der Waals surface area contributed by atoms with Gasteiger partial charge in [0.15, 0.2) is 5.96 Å². The fraction of sp³-hybridized carbons (Fsp3) is 0.923. The molecule has 0 aromatic rings. The molecule has 2 aliphatic heterocycles. The summed E-state index contributed by atoms with van der Waals surface area (Å²) in [6.45, 7) is 2.92. The van der Waals surface area contributed by atoms with Gasteiger partial charge in [0.25, 0.3) is 0 Å². The van der Waals surface area contributed by atoms with Crippen LogP contribution in [0.3, 0.4) is 0 Å². The van der Waals surface area contributed by atoms with E-state index in [9.17, 15) is 0 Å². The molecule has 0 radical (unpaired) electrons. The lowest BCUT2D eigenvalue weighted by atomic mass is 9.93. The molecule has 5 heteroatoms. The summed E-state index contributed by atoms with van der Waals surface area (Å²) < 4.78 is 5.86. The Hall–Kier alpha value is -0.0400. The predicted octanol–water partition coefficient (Wildman–Crippen LogP) is 2.03. The van der Waals surface area contributed by atoms with Crippen molar-refractivity contribution in [2.45, 2.75) is 69.7 Å². The van der Waals surface area contributed by atoms with Crippen LogP contribution in [0.5, 0.6) is 0 Å². The number of halogens is 1. The van der Waals surface area contributed by atoms with Gasteiger partial charge in [0.05, 0.1) is 18.2 Å². The van der Waals surface area contributed by atoms with Crippen LogP contribution in [-0.2, 0) is 4.74 Å². The van der Waals surface area contributed by atoms with Gasteiger partial charge in [-0.25, -0.2) is 0 Å². The highest BCUT2D eigenvalue weighted by Gasteiger charge is 2.41. The van der Waals surface area contributed by atoms with E-state index in [-0.39, 0.29) is 24.0 Å². The minimum atomic E-state index is 0. The van der Waals surface area contributed by atoms with Gasteiger partial charge in [-0.05, 0) is 45.4 Å². The molecule has 3 unspecified atom stereocenters. The topological polar surface area (TPSA) is 45.7 Å². The zero-order valence-electron chi connectivity index (χ0n) is 11.0. The highest BCUT2D eigenvalue weighted by atomic mass is 127. The summed E-state index contributed by atoms with van der Waals surface area (Å²) in [6.07, 6.45) is 8.47. The lowest BCUT2D eigenvalue weighted by Gasteiger charge is -2.30. The van der Waals surface area contributed by atoms with Gasteiger partial charge in [-0.2, -0.15) is 0 Å². The Bertz CT molecular complexity index is 307. The normalized spacial score (nSPS) is 34.9. The third kappa shape index (κ3) is 3.10. The molecule has 0 aromatic heterocycles. The Kier molecular flexibility index (Phi) is 5.12. The lowest BCUT2D eigenvalue weighted by molar-refractivity contribution is 0.0991. The van der Waals surface area contributed by atoms with E-state index in [0.29, 0.717) is 24.3 Å². The highest BCUT2D eigenvalue weighted by molar-refractivity contribution is 14.0. The first-order valence-electron chi connectivity index (χ1n) is 7.08. The molecule has 18 heavy (non-hydrogen) atoms. The summed E-state index contributed by atoms with van der Waals surface area (Å²) in [5.74, 6) is 0.998. The molecule has 4 nitrogen and oxygen atoms in total. The van der Waals surface area contributed by atoms with Crippen molar-refractivity contribution in [3.63, 3.8) is 0 Å². The van der Waals surface area contributed by atoms with Crippen molar-refractivity contribution in [1.82, 2.24) is 10.6 Å². The van der Waals surface area contributed by atoms with Crippen molar-refractivity contribution in [1.29, 1.82) is 0 Å². The predicted molar refractivity (Wildman–Crippen MR) is 83.6 cm³/mol. The SMILES string of the molecule is CCN=C(NC1CCC1)NC1CC2CCC1O2.I. The van der Waals surface area contributed by atoms with Gasteiger partial charge < -0.3 is 15.4 Å². The van der Waals surface area contributed by atoms with Crippen LogP contribution in [0.1, 0.15) is 45.4 Å². The number of hydrogen-bond donors (Lipinski definition) is 2. The van der Waals surface area contributed by atoms with Crippen molar-refractivity contribution < 1.29 is 4.74 Å². The molecule has 2 heterocycles. The molecule has 2 bridgehead atoms. The quantitative estimate of drug-likeness (QED) is 0.457. The maximum atomic E-state index is 5.86. The highest BCUT2D eigenvalue weighted by Crippen LogP contribution is 2.34. The van der Waals surface area contributed by atoms with E-state index in [2.05, 4.69) is 22.5 Å². The minimum absolute atomic E-state index is 0. The summed E-state index contributed by atoms with van der Waals surface area (Å²) >= 11 is 0. The smallest absolute Gasteiger partial charge is 0.191 e. The zero-order chi connectivity index (χ0) is 11.7. The van der Waals surface area contributed by atoms with E-state index in [4.69, 9.17) is 4.74 Å². The summed E-state index contributed by atoms with van der Waals surface area (Å²) in [7, 11) is 0. The number of guanidine groups is 1. The fourth-order valence-corrected chi connectivity index (χ4v) is 3.00. The number of rotatable bonds is 3. The second kappa shape index (κ2) is 6.41. The van der Waals surface area contributed by atoms with Crippen LogP contribution >= 0.6 is 24.0 Å². The molecular weight excluding hydrogens is 341 g/mol. The van der Waals surface area contributed by atoms with Gasteiger partial charge in [-0.15, -0.1) is 24.0 Å². The van der Waals surface area contributed by atoms with Crippen LogP contribution < -0.4 is 10.6 Å². The molecule has 3 atom stereocenters. The van der Waals surface area contributed by atoms with Crippen LogP contribution in [0.2, 0.25) is 0 Å². The molecule has 0 aromatic carbocycles. The molecule has 0 amide bonds. The summed E-state index contributed by atoms with van der Waals surface area (Å²) in [6, 6.07) is 1.12. The first kappa shape index (κ1) is 14.4. The number of fused-ring (bicyclic) bond motifs is 2. The molecule has 3 aliphatic rings. The van der Waals surface area contributed by atoms with Crippen molar-refractivity contribution >= 4 is 29.9 Å². The Morgan fingerprint density at radius 1 is 1.22 bits per heavy atom. The van der Waals surface area contributed by atoms with Crippen LogP contribution in [0.4, 0.5) is 0 Å². The van der Waals surface area contributed by atoms with Crippen LogP contribution in [0.25, 0.3) is 0 Å². The number of aliphatic imine (C=N–C) groups is 1. The Morgan fingerprint density at radius 2 is 2.06 bits per heavy atom. The maximum Gasteiger partial charge on any atom is 0.191 e. The van der Waals surface area contributed by atoms with E-state index >= 15 is 0 Å². The standard InChI is InChI=1S/C13H23N3O.HI/c1-2-14-13(15-9-4-3-5-9)16-11-8-10-6-7-12(11)17-10;/h9-12H,2-8H2,1H3,(H2,14,15,16);1H. The van der Waals surface area contributed by atoms with Gasteiger partial charge in [0.2, 0.25) is 0 Å². The Balaban J connectivity index is 0.00000120. The lowest BCUT2D eigenvalue weighted by Crippen LogP contribution is -2.51. The molecule has 0 spiro atoms. The number of hydrogen-bond acceptors (Lipinski definition) is 2. The third-order valence-corrected chi connectivity index (χ3v) is 4.19. The summed E-state index contributed by atoms with van der Waals surface area (Å²) in [5.41, 5.74) is 0. The van der Waals surface area contributed by atoms with Crippen LogP contribution in [0, 0.1) is 0 Å². The van der Waals surface area contributed by atoms with Gasteiger partial charge in [-0.3, -0.25) is 4.99 Å². The van der Waals surface area contributed by atoms with Gasteiger partial charge in [-0.1, -0.05) is 0 Å². The average molecular weight is 365 g/mol. The largest absolute Gasteiger partial charge is 0.373 e. The first-order valence-corrected chi connectivity index (χ1v) is 7.08. The van der Waals surface area contributed by atoms with E-state index in [1.165, 1.54) is 32.1 Å². The van der Waals surface area contributed by atoms with Crippen LogP contribution in [0.15, 0.2) is 4.99 Å². The van der Waals surface area contributed by atoms with Crippen molar-refractivity contribution in [3.8, 4) is 0 Å². The minimum Gasteiger partial charge on any atom is -0.373 e. The first-order chi connectivity index (χ1) is 8.35. The van der Waals surface area contributed by atoms with E-state index in [1.54, 1.807) is 0 Å². The third-order valence-electron chi connectivity index (χ3n) is 4.19. The Morgan fingerprint density at radius 3 is 2.56 bits per heavy atom. The molecule has 3 rings (SSSR count). The van der Waals surface area contributed by atoms with E-state index < -0.39 is 0 Å². The van der Waals surface area contributed by atoms with Crippen molar-refractivity contribution in [3.05, 3.63) is 0 Å². The van der Waals surface area contributed by atoms with E-state index in [1.807, 2.05) is 0 Å². The maximum absolute atomic E-state index is 5.86. The van der Waals surface area contributed by atoms with Crippen LogP contribution in [-0.4, -0.2) is 36.8 Å². The molecule has 3 fully saturated rings. The second-order valence-corrected chi connectivity index (χ2v) is 5.46. The number of nitrogens with zero attached hydrogens (tertiary/aromatic N) is 1. The molecule has 1 aliphatic carbocycles.